The van der Waals surface area contributed by atoms with Crippen molar-refractivity contribution in [3.8, 4) is 5.82 Å². The quantitative estimate of drug-likeness (QED) is 0.228. The van der Waals surface area contributed by atoms with Crippen LogP contribution in [-0.4, -0.2) is 37.4 Å². The predicted octanol–water partition coefficient (Wildman–Crippen LogP) is 3.60. The predicted molar refractivity (Wildman–Crippen MR) is 121 cm³/mol. The average Bonchev–Trinajstić information content (AvgIpc) is 3.40. The summed E-state index contributed by atoms with van der Waals surface area (Å²) in [5.41, 5.74) is 9.35. The highest BCUT2D eigenvalue weighted by Gasteiger charge is 2.24. The van der Waals surface area contributed by atoms with Gasteiger partial charge in [-0.15, -0.1) is 16.9 Å². The number of aromatic nitrogens is 5. The zero-order chi connectivity index (χ0) is 22.5. The van der Waals surface area contributed by atoms with Crippen molar-refractivity contribution in [3.63, 3.8) is 0 Å². The molecule has 0 radical (unpaired) electrons. The van der Waals surface area contributed by atoms with Gasteiger partial charge in [-0.1, -0.05) is 46.6 Å². The molecule has 0 spiro atoms. The highest BCUT2D eigenvalue weighted by molar-refractivity contribution is 7.98. The van der Waals surface area contributed by atoms with Gasteiger partial charge in [0.2, 0.25) is 11.6 Å². The molecule has 0 aliphatic rings. The second kappa shape index (κ2) is 9.81. The van der Waals surface area contributed by atoms with E-state index in [0.29, 0.717) is 27.1 Å². The number of halogens is 2. The van der Waals surface area contributed by atoms with Gasteiger partial charge < -0.3 is 5.73 Å². The lowest BCUT2D eigenvalue weighted by molar-refractivity contribution is 0.0949. The smallest absolute Gasteiger partial charge is 0.293 e. The van der Waals surface area contributed by atoms with Crippen LogP contribution in [0.15, 0.2) is 63.2 Å². The molecule has 10 nitrogen and oxygen atoms in total. The van der Waals surface area contributed by atoms with Gasteiger partial charge in [-0.25, -0.2) is 10.1 Å². The topological polar surface area (TPSA) is 137 Å². The molecule has 162 valence electrons. The molecule has 2 aromatic carbocycles. The molecule has 32 heavy (non-hydrogen) atoms. The third-order valence-electron chi connectivity index (χ3n) is 4.14. The van der Waals surface area contributed by atoms with Crippen LogP contribution in [0.1, 0.15) is 21.7 Å². The van der Waals surface area contributed by atoms with Crippen LogP contribution in [0.3, 0.4) is 0 Å². The Kier molecular flexibility index (Phi) is 6.69. The Balaban J connectivity index is 1.58. The number of hydrogen-bond acceptors (Lipinski definition) is 9. The average molecular weight is 489 g/mol. The highest BCUT2D eigenvalue weighted by atomic mass is 35.5. The number of amides is 1. The summed E-state index contributed by atoms with van der Waals surface area (Å²) in [5, 5.41) is 20.4. The number of carbonyl (C=O) groups excluding carboxylic acids is 1. The van der Waals surface area contributed by atoms with Crippen molar-refractivity contribution in [2.75, 3.05) is 5.73 Å². The molecule has 0 aliphatic carbocycles. The van der Waals surface area contributed by atoms with Crippen LogP contribution < -0.4 is 11.2 Å². The molecule has 0 aliphatic heterocycles. The molecule has 4 aromatic rings. The van der Waals surface area contributed by atoms with Gasteiger partial charge >= 0.3 is 0 Å². The maximum Gasteiger partial charge on any atom is 0.293 e. The van der Waals surface area contributed by atoms with Crippen molar-refractivity contribution in [2.24, 2.45) is 5.10 Å². The van der Waals surface area contributed by atoms with Crippen LogP contribution in [0.4, 0.5) is 5.82 Å². The van der Waals surface area contributed by atoms with E-state index in [0.717, 1.165) is 4.90 Å². The molecule has 0 bridgehead atoms. The molecule has 3 N–H and O–H groups in total. The SMILES string of the molecule is Nc1nonc1-n1nnc(C(=O)N/N=C/c2ccccc2Cl)c1CSc1ccc(Cl)cc1. The number of benzene rings is 2. The van der Waals surface area contributed by atoms with Crippen LogP contribution in [0, 0.1) is 0 Å². The van der Waals surface area contributed by atoms with Crippen molar-refractivity contribution in [1.29, 1.82) is 0 Å². The largest absolute Gasteiger partial charge is 0.378 e. The number of rotatable bonds is 7. The number of hydrogen-bond donors (Lipinski definition) is 2. The molecule has 2 aromatic heterocycles. The number of thioether (sulfide) groups is 1. The Morgan fingerprint density at radius 1 is 1.19 bits per heavy atom. The summed E-state index contributed by atoms with van der Waals surface area (Å²) in [4.78, 5) is 13.7. The fraction of sp³-hybridized carbons (Fsp3) is 0.0526. The minimum absolute atomic E-state index is 0.0105. The van der Waals surface area contributed by atoms with Gasteiger partial charge in [0.15, 0.2) is 5.69 Å². The van der Waals surface area contributed by atoms with Crippen LogP contribution in [0.2, 0.25) is 10.0 Å². The Morgan fingerprint density at radius 3 is 2.69 bits per heavy atom. The number of nitrogen functional groups attached to an aromatic ring is 1. The molecular weight excluding hydrogens is 475 g/mol. The number of hydrazone groups is 1. The first-order chi connectivity index (χ1) is 15.5. The Labute approximate surface area is 195 Å². The summed E-state index contributed by atoms with van der Waals surface area (Å²) < 4.78 is 5.96. The Bertz CT molecular complexity index is 1270. The van der Waals surface area contributed by atoms with Crippen molar-refractivity contribution >= 4 is 52.9 Å². The van der Waals surface area contributed by atoms with Gasteiger partial charge in [0.25, 0.3) is 5.91 Å². The fourth-order valence-electron chi connectivity index (χ4n) is 2.59. The van der Waals surface area contributed by atoms with Crippen LogP contribution in [-0.2, 0) is 5.75 Å². The van der Waals surface area contributed by atoms with Crippen molar-refractivity contribution in [2.45, 2.75) is 10.6 Å². The minimum atomic E-state index is -0.568. The van der Waals surface area contributed by atoms with Crippen LogP contribution in [0.25, 0.3) is 5.82 Å². The number of anilines is 1. The molecule has 0 saturated carbocycles. The monoisotopic (exact) mass is 488 g/mol. The van der Waals surface area contributed by atoms with Crippen molar-refractivity contribution < 1.29 is 9.42 Å². The lowest BCUT2D eigenvalue weighted by Gasteiger charge is -2.06. The molecule has 4 rings (SSSR count). The van der Waals surface area contributed by atoms with Gasteiger partial charge in [0, 0.05) is 26.3 Å². The van der Waals surface area contributed by atoms with Gasteiger partial charge in [-0.2, -0.15) is 9.78 Å². The number of nitrogens with zero attached hydrogens (tertiary/aromatic N) is 6. The van der Waals surface area contributed by atoms with Crippen molar-refractivity contribution in [1.82, 2.24) is 30.7 Å². The molecular formula is C19H14Cl2N8O2S. The summed E-state index contributed by atoms with van der Waals surface area (Å²) in [6, 6.07) is 14.4. The first-order valence-corrected chi connectivity index (χ1v) is 10.8. The van der Waals surface area contributed by atoms with E-state index in [1.807, 2.05) is 18.2 Å². The Hall–Kier alpha value is -3.41. The maximum absolute atomic E-state index is 12.8. The van der Waals surface area contributed by atoms with E-state index in [2.05, 4.69) is 35.8 Å². The molecule has 2 heterocycles. The van der Waals surface area contributed by atoms with E-state index < -0.39 is 5.91 Å². The molecule has 0 fully saturated rings. The van der Waals surface area contributed by atoms with E-state index in [-0.39, 0.29) is 17.3 Å². The first-order valence-electron chi connectivity index (χ1n) is 9.02. The van der Waals surface area contributed by atoms with E-state index in [9.17, 15) is 4.79 Å². The fourth-order valence-corrected chi connectivity index (χ4v) is 3.79. The second-order valence-corrected chi connectivity index (χ2v) is 8.13. The summed E-state index contributed by atoms with van der Waals surface area (Å²) in [5.74, 6) is -0.113. The second-order valence-electron chi connectivity index (χ2n) is 6.23. The molecule has 13 heteroatoms. The van der Waals surface area contributed by atoms with Gasteiger partial charge in [0.1, 0.15) is 0 Å². The summed E-state index contributed by atoms with van der Waals surface area (Å²) in [6.45, 7) is 0. The Morgan fingerprint density at radius 2 is 1.97 bits per heavy atom. The third kappa shape index (κ3) is 4.90. The third-order valence-corrected chi connectivity index (χ3v) is 5.76. The summed E-state index contributed by atoms with van der Waals surface area (Å²) >= 11 is 13.5. The maximum atomic E-state index is 12.8. The summed E-state index contributed by atoms with van der Waals surface area (Å²) in [6.07, 6.45) is 1.44. The molecule has 0 atom stereocenters. The number of nitrogens with two attached hydrogens (primary N) is 1. The number of carbonyl (C=O) groups is 1. The van der Waals surface area contributed by atoms with E-state index in [1.54, 1.807) is 30.3 Å². The lowest BCUT2D eigenvalue weighted by atomic mass is 10.2. The molecule has 0 unspecified atom stereocenters. The highest BCUT2D eigenvalue weighted by Crippen LogP contribution is 2.27. The van der Waals surface area contributed by atoms with Crippen molar-refractivity contribution in [3.05, 3.63) is 75.5 Å². The van der Waals surface area contributed by atoms with E-state index in [4.69, 9.17) is 28.9 Å². The van der Waals surface area contributed by atoms with Gasteiger partial charge in [-0.3, -0.25) is 4.79 Å². The van der Waals surface area contributed by atoms with E-state index >= 15 is 0 Å². The molecule has 0 saturated heterocycles. The minimum Gasteiger partial charge on any atom is -0.378 e. The zero-order valence-corrected chi connectivity index (χ0v) is 18.5. The molecule has 1 amide bonds. The van der Waals surface area contributed by atoms with Crippen LogP contribution >= 0.6 is 35.0 Å². The van der Waals surface area contributed by atoms with E-state index in [1.165, 1.54) is 22.7 Å². The summed E-state index contributed by atoms with van der Waals surface area (Å²) in [7, 11) is 0. The first kappa shape index (κ1) is 21.8. The standard InChI is InChI=1S/C19H14Cl2N8O2S/c20-12-5-7-13(8-6-12)32-10-15-16(24-28-29(15)18-17(22)26-31-27-18)19(30)25-23-9-11-3-1-2-4-14(11)21/h1-9H,10H2,(H2,22,26)(H,25,30)/b23-9+. The van der Waals surface area contributed by atoms with Crippen LogP contribution in [0.5, 0.6) is 0 Å². The lowest BCUT2D eigenvalue weighted by Crippen LogP contribution is -2.20. The van der Waals surface area contributed by atoms with Gasteiger partial charge in [-0.05, 0) is 40.6 Å². The normalized spacial score (nSPS) is 11.2. The zero-order valence-electron chi connectivity index (χ0n) is 16.1. The number of nitrogens with one attached hydrogen (secondary N) is 1. The van der Waals surface area contributed by atoms with Gasteiger partial charge in [0.05, 0.1) is 11.9 Å².